The van der Waals surface area contributed by atoms with E-state index >= 15 is 0 Å². The third-order valence-corrected chi connectivity index (χ3v) is 4.66. The minimum atomic E-state index is -0.435. The van der Waals surface area contributed by atoms with Gasteiger partial charge in [0.1, 0.15) is 5.75 Å². The van der Waals surface area contributed by atoms with E-state index in [1.54, 1.807) is 6.07 Å². The molecule has 6 heteroatoms. The summed E-state index contributed by atoms with van der Waals surface area (Å²) in [7, 11) is 0. The lowest BCUT2D eigenvalue weighted by Crippen LogP contribution is -2.11. The Kier molecular flexibility index (Phi) is 5.04. The molecule has 0 spiro atoms. The predicted molar refractivity (Wildman–Crippen MR) is 94.9 cm³/mol. The Morgan fingerprint density at radius 1 is 1.08 bits per heavy atom. The lowest BCUT2D eigenvalue weighted by molar-refractivity contribution is -0.384. The molecule has 5 nitrogen and oxygen atoms in total. The van der Waals surface area contributed by atoms with Crippen LogP contribution in [0.25, 0.3) is 0 Å². The van der Waals surface area contributed by atoms with Crippen LogP contribution in [0.15, 0.2) is 40.9 Å². The van der Waals surface area contributed by atoms with E-state index in [4.69, 9.17) is 9.47 Å². The molecule has 1 aliphatic rings. The number of aryl methyl sites for hydroxylation is 1. The minimum absolute atomic E-state index is 0.0147. The molecule has 0 aliphatic heterocycles. The first kappa shape index (κ1) is 16.8. The Morgan fingerprint density at radius 2 is 1.79 bits per heavy atom. The number of hydrogen-bond acceptors (Lipinski definition) is 4. The maximum atomic E-state index is 10.8. The molecule has 0 aromatic heterocycles. The van der Waals surface area contributed by atoms with Crippen molar-refractivity contribution in [3.05, 3.63) is 56.5 Å². The van der Waals surface area contributed by atoms with Crippen molar-refractivity contribution in [2.75, 3.05) is 0 Å². The Labute approximate surface area is 148 Å². The smallest absolute Gasteiger partial charge is 0.270 e. The van der Waals surface area contributed by atoms with Gasteiger partial charge < -0.3 is 9.47 Å². The van der Waals surface area contributed by atoms with Gasteiger partial charge >= 0.3 is 0 Å². The number of nitrogens with zero attached hydrogens (tertiary/aromatic N) is 1. The van der Waals surface area contributed by atoms with Gasteiger partial charge in [0.05, 0.1) is 15.5 Å². The van der Waals surface area contributed by atoms with Crippen LogP contribution in [0.2, 0.25) is 0 Å². The molecule has 1 fully saturated rings. The first-order chi connectivity index (χ1) is 11.5. The van der Waals surface area contributed by atoms with Gasteiger partial charge in [0.15, 0.2) is 11.5 Å². The van der Waals surface area contributed by atoms with E-state index in [0.717, 1.165) is 18.4 Å². The molecule has 0 heterocycles. The summed E-state index contributed by atoms with van der Waals surface area (Å²) in [4.78, 5) is 10.4. The van der Waals surface area contributed by atoms with Gasteiger partial charge in [0.2, 0.25) is 0 Å². The van der Waals surface area contributed by atoms with Crippen LogP contribution in [-0.2, 0) is 0 Å². The summed E-state index contributed by atoms with van der Waals surface area (Å²) < 4.78 is 12.6. The first-order valence-electron chi connectivity index (χ1n) is 7.92. The molecule has 0 N–H and O–H groups in total. The molecule has 0 radical (unpaired) electrons. The van der Waals surface area contributed by atoms with Crippen LogP contribution in [0.5, 0.6) is 17.2 Å². The predicted octanol–water partition coefficient (Wildman–Crippen LogP) is 5.78. The zero-order valence-electron chi connectivity index (χ0n) is 13.3. The average Bonchev–Trinajstić information content (AvgIpc) is 3.05. The highest BCUT2D eigenvalue weighted by molar-refractivity contribution is 9.10. The molecule has 2 aromatic carbocycles. The number of benzene rings is 2. The van der Waals surface area contributed by atoms with Crippen molar-refractivity contribution in [2.24, 2.45) is 0 Å². The van der Waals surface area contributed by atoms with Gasteiger partial charge in [-0.1, -0.05) is 6.07 Å². The van der Waals surface area contributed by atoms with Gasteiger partial charge in [0.25, 0.3) is 5.69 Å². The van der Waals surface area contributed by atoms with Gasteiger partial charge in [-0.25, -0.2) is 0 Å². The van der Waals surface area contributed by atoms with E-state index in [9.17, 15) is 10.1 Å². The molecule has 0 atom stereocenters. The molecule has 126 valence electrons. The Morgan fingerprint density at radius 3 is 2.46 bits per heavy atom. The summed E-state index contributed by atoms with van der Waals surface area (Å²) in [5, 5.41) is 10.8. The molecule has 3 rings (SSSR count). The van der Waals surface area contributed by atoms with Crippen molar-refractivity contribution in [3.8, 4) is 17.2 Å². The third kappa shape index (κ3) is 3.87. The summed E-state index contributed by atoms with van der Waals surface area (Å²) in [6, 6.07) is 10.3. The number of non-ortho nitro benzene ring substituents is 1. The number of ether oxygens (including phenoxy) is 2. The minimum Gasteiger partial charge on any atom is -0.487 e. The summed E-state index contributed by atoms with van der Waals surface area (Å²) in [6.07, 6.45) is 4.75. The van der Waals surface area contributed by atoms with Crippen LogP contribution < -0.4 is 9.47 Å². The SMILES string of the molecule is Cc1ccc(OC2CCCC2)c(Oc2ccc([N+](=O)[O-])cc2Br)c1. The fourth-order valence-corrected chi connectivity index (χ4v) is 3.23. The topological polar surface area (TPSA) is 61.6 Å². The maximum Gasteiger partial charge on any atom is 0.270 e. The largest absolute Gasteiger partial charge is 0.487 e. The van der Waals surface area contributed by atoms with Crippen molar-refractivity contribution in [3.63, 3.8) is 0 Å². The standard InChI is InChI=1S/C18H18BrNO4/c1-12-6-8-17(23-14-4-2-3-5-14)18(10-12)24-16-9-7-13(20(21)22)11-15(16)19/h6-11,14H,2-5H2,1H3. The van der Waals surface area contributed by atoms with Gasteiger partial charge in [-0.15, -0.1) is 0 Å². The highest BCUT2D eigenvalue weighted by Gasteiger charge is 2.19. The summed E-state index contributed by atoms with van der Waals surface area (Å²) >= 11 is 3.33. The maximum absolute atomic E-state index is 10.8. The van der Waals surface area contributed by atoms with Crippen LogP contribution in [0.1, 0.15) is 31.2 Å². The van der Waals surface area contributed by atoms with E-state index in [0.29, 0.717) is 21.7 Å². The van der Waals surface area contributed by atoms with Gasteiger partial charge in [-0.3, -0.25) is 10.1 Å². The fraction of sp³-hybridized carbons (Fsp3) is 0.333. The normalized spacial score (nSPS) is 14.6. The molecule has 0 amide bonds. The van der Waals surface area contributed by atoms with Crippen molar-refractivity contribution in [2.45, 2.75) is 38.7 Å². The van der Waals surface area contributed by atoms with E-state index in [1.807, 2.05) is 25.1 Å². The average molecular weight is 392 g/mol. The van der Waals surface area contributed by atoms with Crippen molar-refractivity contribution < 1.29 is 14.4 Å². The van der Waals surface area contributed by atoms with E-state index < -0.39 is 4.92 Å². The van der Waals surface area contributed by atoms with Gasteiger partial charge in [-0.05, 0) is 72.3 Å². The van der Waals surface area contributed by atoms with Crippen LogP contribution in [0.4, 0.5) is 5.69 Å². The molecule has 1 aliphatic carbocycles. The summed E-state index contributed by atoms with van der Waals surface area (Å²) in [5.41, 5.74) is 1.07. The van der Waals surface area contributed by atoms with Crippen molar-refractivity contribution in [1.82, 2.24) is 0 Å². The molecule has 2 aromatic rings. The first-order valence-corrected chi connectivity index (χ1v) is 8.71. The summed E-state index contributed by atoms with van der Waals surface area (Å²) in [5.74, 6) is 1.84. The number of hydrogen-bond donors (Lipinski definition) is 0. The van der Waals surface area contributed by atoms with Crippen LogP contribution in [0, 0.1) is 17.0 Å². The summed E-state index contributed by atoms with van der Waals surface area (Å²) in [6.45, 7) is 1.98. The third-order valence-electron chi connectivity index (χ3n) is 4.04. The van der Waals surface area contributed by atoms with Crippen molar-refractivity contribution >= 4 is 21.6 Å². The molecule has 1 saturated carbocycles. The van der Waals surface area contributed by atoms with Gasteiger partial charge in [-0.2, -0.15) is 0 Å². The number of nitro benzene ring substituents is 1. The van der Waals surface area contributed by atoms with Crippen molar-refractivity contribution in [1.29, 1.82) is 0 Å². The lowest BCUT2D eigenvalue weighted by atomic mass is 10.2. The molecule has 0 unspecified atom stereocenters. The Bertz CT molecular complexity index is 757. The molecule has 24 heavy (non-hydrogen) atoms. The van der Waals surface area contributed by atoms with Gasteiger partial charge in [0, 0.05) is 12.1 Å². The molecular weight excluding hydrogens is 374 g/mol. The monoisotopic (exact) mass is 391 g/mol. The lowest BCUT2D eigenvalue weighted by Gasteiger charge is -2.17. The van der Waals surface area contributed by atoms with Crippen LogP contribution in [-0.4, -0.2) is 11.0 Å². The second-order valence-electron chi connectivity index (χ2n) is 5.95. The van der Waals surface area contributed by atoms with E-state index in [2.05, 4.69) is 15.9 Å². The molecule has 0 saturated heterocycles. The molecular formula is C18H18BrNO4. The number of rotatable bonds is 5. The Balaban J connectivity index is 1.85. The highest BCUT2D eigenvalue weighted by atomic mass is 79.9. The number of halogens is 1. The van der Waals surface area contributed by atoms with E-state index in [1.165, 1.54) is 25.0 Å². The highest BCUT2D eigenvalue weighted by Crippen LogP contribution is 2.38. The fourth-order valence-electron chi connectivity index (χ4n) is 2.78. The van der Waals surface area contributed by atoms with Crippen LogP contribution >= 0.6 is 15.9 Å². The zero-order valence-corrected chi connectivity index (χ0v) is 14.9. The van der Waals surface area contributed by atoms with Crippen LogP contribution in [0.3, 0.4) is 0 Å². The Hall–Kier alpha value is -2.08. The zero-order chi connectivity index (χ0) is 17.1. The second-order valence-corrected chi connectivity index (χ2v) is 6.80. The quantitative estimate of drug-likeness (QED) is 0.478. The van der Waals surface area contributed by atoms with E-state index in [-0.39, 0.29) is 11.8 Å². The number of nitro groups is 1. The molecule has 0 bridgehead atoms. The second kappa shape index (κ2) is 7.21.